The number of hydrogen-bond acceptors (Lipinski definition) is 2. The van der Waals surface area contributed by atoms with E-state index in [1.54, 1.807) is 6.07 Å². The fraction of sp³-hybridized carbons (Fsp3) is 0.500. The summed E-state index contributed by atoms with van der Waals surface area (Å²) in [6, 6.07) is 5.71. The highest BCUT2D eigenvalue weighted by Gasteiger charge is 2.02. The summed E-state index contributed by atoms with van der Waals surface area (Å²) in [4.78, 5) is 0. The van der Waals surface area contributed by atoms with Crippen LogP contribution < -0.4 is 10.6 Å². The first-order valence-corrected chi connectivity index (χ1v) is 6.35. The van der Waals surface area contributed by atoms with Gasteiger partial charge in [-0.3, -0.25) is 0 Å². The molecule has 0 radical (unpaired) electrons. The van der Waals surface area contributed by atoms with E-state index in [2.05, 4.69) is 17.6 Å². The molecule has 0 unspecified atom stereocenters. The lowest BCUT2D eigenvalue weighted by atomic mass is 10.2. The monoisotopic (exact) mass is 260 g/mol. The topological polar surface area (TPSA) is 24.1 Å². The van der Waals surface area contributed by atoms with Gasteiger partial charge in [0.2, 0.25) is 0 Å². The van der Waals surface area contributed by atoms with Crippen LogP contribution in [0.4, 0.5) is 0 Å². The molecule has 0 aliphatic heterocycles. The Morgan fingerprint density at radius 2 is 1.81 bits per heavy atom. The Hall–Kier alpha value is -0.280. The molecule has 0 spiro atoms. The molecule has 4 heteroatoms. The van der Waals surface area contributed by atoms with Gasteiger partial charge in [-0.2, -0.15) is 0 Å². The zero-order chi connectivity index (χ0) is 11.8. The molecule has 0 fully saturated rings. The van der Waals surface area contributed by atoms with Crippen molar-refractivity contribution in [2.45, 2.75) is 19.9 Å². The van der Waals surface area contributed by atoms with E-state index >= 15 is 0 Å². The average Bonchev–Trinajstić information content (AvgIpc) is 2.29. The van der Waals surface area contributed by atoms with Crippen LogP contribution in [0.25, 0.3) is 0 Å². The molecule has 1 aromatic rings. The van der Waals surface area contributed by atoms with Crippen LogP contribution >= 0.6 is 23.2 Å². The first-order chi connectivity index (χ1) is 7.75. The van der Waals surface area contributed by atoms with Gasteiger partial charge in [0.1, 0.15) is 0 Å². The highest BCUT2D eigenvalue weighted by Crippen LogP contribution is 2.25. The molecule has 16 heavy (non-hydrogen) atoms. The zero-order valence-corrected chi connectivity index (χ0v) is 11.0. The smallest absolute Gasteiger partial charge is 0.0637 e. The van der Waals surface area contributed by atoms with Gasteiger partial charge in [-0.25, -0.2) is 0 Å². The first kappa shape index (κ1) is 13.8. The van der Waals surface area contributed by atoms with Gasteiger partial charge in [-0.05, 0) is 24.6 Å². The minimum absolute atomic E-state index is 0.616. The van der Waals surface area contributed by atoms with E-state index in [1.807, 2.05) is 12.1 Å². The lowest BCUT2D eigenvalue weighted by molar-refractivity contribution is 0.607. The van der Waals surface area contributed by atoms with Crippen molar-refractivity contribution in [2.75, 3.05) is 19.6 Å². The second-order valence-corrected chi connectivity index (χ2v) is 4.42. The molecule has 0 aliphatic rings. The summed E-state index contributed by atoms with van der Waals surface area (Å²) in [5.74, 6) is 0. The Morgan fingerprint density at radius 1 is 1.06 bits per heavy atom. The number of nitrogens with one attached hydrogen (secondary N) is 2. The zero-order valence-electron chi connectivity index (χ0n) is 9.52. The maximum absolute atomic E-state index is 6.07. The van der Waals surface area contributed by atoms with E-state index in [4.69, 9.17) is 23.2 Å². The van der Waals surface area contributed by atoms with Gasteiger partial charge in [-0.1, -0.05) is 42.3 Å². The Bertz CT molecular complexity index is 316. The Balaban J connectivity index is 2.24. The molecule has 2 nitrogen and oxygen atoms in total. The maximum Gasteiger partial charge on any atom is 0.0637 e. The second kappa shape index (κ2) is 7.91. The van der Waals surface area contributed by atoms with Crippen LogP contribution in [0.15, 0.2) is 18.2 Å². The van der Waals surface area contributed by atoms with Crippen LogP contribution in [0.5, 0.6) is 0 Å². The highest BCUT2D eigenvalue weighted by molar-refractivity contribution is 6.42. The van der Waals surface area contributed by atoms with E-state index in [0.29, 0.717) is 10.0 Å². The van der Waals surface area contributed by atoms with Crippen LogP contribution in [0, 0.1) is 0 Å². The lowest BCUT2D eigenvalue weighted by Gasteiger charge is -2.08. The SMILES string of the molecule is CCCNCCNCc1cccc(Cl)c1Cl. The third kappa shape index (κ3) is 4.71. The minimum Gasteiger partial charge on any atom is -0.315 e. The average molecular weight is 261 g/mol. The molecule has 0 bridgehead atoms. The van der Waals surface area contributed by atoms with Crippen molar-refractivity contribution in [1.82, 2.24) is 10.6 Å². The molecule has 0 amide bonds. The molecule has 2 N–H and O–H groups in total. The van der Waals surface area contributed by atoms with Gasteiger partial charge >= 0.3 is 0 Å². The number of halogens is 2. The highest BCUT2D eigenvalue weighted by atomic mass is 35.5. The predicted octanol–water partition coefficient (Wildman–Crippen LogP) is 3.08. The molecule has 0 aromatic heterocycles. The van der Waals surface area contributed by atoms with Gasteiger partial charge in [0.15, 0.2) is 0 Å². The maximum atomic E-state index is 6.07. The van der Waals surface area contributed by atoms with Crippen molar-refractivity contribution in [3.05, 3.63) is 33.8 Å². The lowest BCUT2D eigenvalue weighted by Crippen LogP contribution is -2.27. The fourth-order valence-electron chi connectivity index (χ4n) is 1.39. The van der Waals surface area contributed by atoms with Crippen molar-refractivity contribution in [3.63, 3.8) is 0 Å². The molecular weight excluding hydrogens is 243 g/mol. The van der Waals surface area contributed by atoms with Gasteiger partial charge in [0, 0.05) is 19.6 Å². The Kier molecular flexibility index (Phi) is 6.81. The van der Waals surface area contributed by atoms with Gasteiger partial charge < -0.3 is 10.6 Å². The quantitative estimate of drug-likeness (QED) is 0.737. The summed E-state index contributed by atoms with van der Waals surface area (Å²) in [7, 11) is 0. The summed E-state index contributed by atoms with van der Waals surface area (Å²) >= 11 is 12.0. The van der Waals surface area contributed by atoms with Crippen LogP contribution in [-0.2, 0) is 6.54 Å². The summed E-state index contributed by atoms with van der Waals surface area (Å²) in [6.07, 6.45) is 1.17. The summed E-state index contributed by atoms with van der Waals surface area (Å²) in [5.41, 5.74) is 1.05. The number of hydrogen-bond donors (Lipinski definition) is 2. The van der Waals surface area contributed by atoms with Crippen LogP contribution in [-0.4, -0.2) is 19.6 Å². The van der Waals surface area contributed by atoms with Crippen LogP contribution in [0.2, 0.25) is 10.0 Å². The standard InChI is InChI=1S/C12H18Cl2N2/c1-2-6-15-7-8-16-9-10-4-3-5-11(13)12(10)14/h3-5,15-16H,2,6-9H2,1H3. The van der Waals surface area contributed by atoms with Gasteiger partial charge in [-0.15, -0.1) is 0 Å². The first-order valence-electron chi connectivity index (χ1n) is 5.60. The minimum atomic E-state index is 0.616. The third-order valence-electron chi connectivity index (χ3n) is 2.25. The molecule has 1 rings (SSSR count). The van der Waals surface area contributed by atoms with E-state index in [1.165, 1.54) is 6.42 Å². The van der Waals surface area contributed by atoms with E-state index in [0.717, 1.165) is 31.7 Å². The fourth-order valence-corrected chi connectivity index (χ4v) is 1.77. The van der Waals surface area contributed by atoms with Crippen LogP contribution in [0.3, 0.4) is 0 Å². The second-order valence-electron chi connectivity index (χ2n) is 3.64. The largest absolute Gasteiger partial charge is 0.315 e. The Labute approximate surface area is 107 Å². The molecule has 0 heterocycles. The Morgan fingerprint density at radius 3 is 2.56 bits per heavy atom. The number of rotatable bonds is 7. The normalized spacial score (nSPS) is 10.7. The predicted molar refractivity (Wildman–Crippen MR) is 71.3 cm³/mol. The molecule has 90 valence electrons. The molecule has 0 saturated heterocycles. The summed E-state index contributed by atoms with van der Waals surface area (Å²) in [5, 5.41) is 7.92. The van der Waals surface area contributed by atoms with Crippen molar-refractivity contribution in [2.24, 2.45) is 0 Å². The van der Waals surface area contributed by atoms with Crippen molar-refractivity contribution < 1.29 is 0 Å². The van der Waals surface area contributed by atoms with E-state index in [9.17, 15) is 0 Å². The van der Waals surface area contributed by atoms with Crippen molar-refractivity contribution in [1.29, 1.82) is 0 Å². The molecule has 0 aliphatic carbocycles. The summed E-state index contributed by atoms with van der Waals surface area (Å²) < 4.78 is 0. The molecule has 0 saturated carbocycles. The number of benzene rings is 1. The molecule has 1 aromatic carbocycles. The van der Waals surface area contributed by atoms with Crippen molar-refractivity contribution in [3.8, 4) is 0 Å². The van der Waals surface area contributed by atoms with E-state index < -0.39 is 0 Å². The van der Waals surface area contributed by atoms with Gasteiger partial charge in [0.25, 0.3) is 0 Å². The molecular formula is C12H18Cl2N2. The van der Waals surface area contributed by atoms with Crippen molar-refractivity contribution >= 4 is 23.2 Å². The van der Waals surface area contributed by atoms with Crippen LogP contribution in [0.1, 0.15) is 18.9 Å². The third-order valence-corrected chi connectivity index (χ3v) is 3.11. The molecule has 0 atom stereocenters. The van der Waals surface area contributed by atoms with E-state index in [-0.39, 0.29) is 0 Å². The van der Waals surface area contributed by atoms with Gasteiger partial charge in [0.05, 0.1) is 10.0 Å². The summed E-state index contributed by atoms with van der Waals surface area (Å²) in [6.45, 7) is 5.90.